The summed E-state index contributed by atoms with van der Waals surface area (Å²) >= 11 is 0. The van der Waals surface area contributed by atoms with Gasteiger partial charge in [-0.15, -0.1) is 0 Å². The number of ether oxygens (including phenoxy) is 2. The van der Waals surface area contributed by atoms with Gasteiger partial charge in [0.1, 0.15) is 17.3 Å². The van der Waals surface area contributed by atoms with Gasteiger partial charge >= 0.3 is 0 Å². The maximum atomic E-state index is 15.0. The fraction of sp³-hybridized carbons (Fsp3) is 0.0385. The Balaban J connectivity index is 1.16. The number of methoxy groups -OCH3 is 2. The molecule has 0 N–H and O–H groups in total. The fourth-order valence-electron chi connectivity index (χ4n) is 7.79. The molecule has 0 aliphatic heterocycles. The van der Waals surface area contributed by atoms with E-state index in [2.05, 4.69) is 151 Å². The first kappa shape index (κ1) is 34.6. The Hall–Kier alpha value is -7.17. The molecule has 270 valence electrons. The highest BCUT2D eigenvalue weighted by Gasteiger charge is 2.23. The van der Waals surface area contributed by atoms with Gasteiger partial charge in [0.15, 0.2) is 0 Å². The number of benzene rings is 8. The molecule has 9 rings (SSSR count). The van der Waals surface area contributed by atoms with Gasteiger partial charge in [0.2, 0.25) is 0 Å². The maximum absolute atomic E-state index is 15.0. The normalized spacial score (nSPS) is 11.4. The van der Waals surface area contributed by atoms with Crippen molar-refractivity contribution in [3.05, 3.63) is 221 Å². The van der Waals surface area contributed by atoms with Crippen molar-refractivity contribution >= 4 is 51.1 Å². The molecule has 8 aromatic rings. The third kappa shape index (κ3) is 6.52. The summed E-state index contributed by atoms with van der Waals surface area (Å²) in [5.74, 6) is 1.31. The molecule has 4 heteroatoms. The highest BCUT2D eigenvalue weighted by Crippen LogP contribution is 2.45. The number of hydrogen-bond donors (Lipinski definition) is 0. The van der Waals surface area contributed by atoms with Gasteiger partial charge in [-0.3, -0.25) is 0 Å². The van der Waals surface area contributed by atoms with Crippen molar-refractivity contribution in [2.24, 2.45) is 0 Å². The molecule has 0 amide bonds. The van der Waals surface area contributed by atoms with Crippen LogP contribution in [-0.4, -0.2) is 14.2 Å². The van der Waals surface area contributed by atoms with E-state index in [9.17, 15) is 4.39 Å². The number of nitrogens with zero attached hydrogens (tertiary/aromatic N) is 1. The predicted molar refractivity (Wildman–Crippen MR) is 230 cm³/mol. The molecule has 0 aromatic heterocycles. The molecule has 1 aliphatic rings. The van der Waals surface area contributed by atoms with Gasteiger partial charge in [-0.1, -0.05) is 121 Å². The van der Waals surface area contributed by atoms with E-state index in [1.807, 2.05) is 30.3 Å². The van der Waals surface area contributed by atoms with Gasteiger partial charge < -0.3 is 14.4 Å². The topological polar surface area (TPSA) is 21.7 Å². The van der Waals surface area contributed by atoms with Crippen LogP contribution >= 0.6 is 0 Å². The van der Waals surface area contributed by atoms with E-state index in [0.717, 1.165) is 67.2 Å². The molecule has 0 unspecified atom stereocenters. The summed E-state index contributed by atoms with van der Waals surface area (Å²) in [6.45, 7) is 0. The summed E-state index contributed by atoms with van der Waals surface area (Å²) in [4.78, 5) is 2.14. The first-order valence-corrected chi connectivity index (χ1v) is 18.7. The zero-order valence-electron chi connectivity index (χ0n) is 31.1. The average molecular weight is 728 g/mol. The van der Waals surface area contributed by atoms with Crippen LogP contribution in [0.25, 0.3) is 45.2 Å². The molecule has 0 heterocycles. The van der Waals surface area contributed by atoms with Crippen LogP contribution in [0.2, 0.25) is 0 Å². The summed E-state index contributed by atoms with van der Waals surface area (Å²) in [6.07, 6.45) is 4.50. The number of hydrogen-bond acceptors (Lipinski definition) is 3. The first-order chi connectivity index (χ1) is 27.6. The van der Waals surface area contributed by atoms with E-state index >= 15 is 0 Å². The van der Waals surface area contributed by atoms with Crippen molar-refractivity contribution in [2.45, 2.75) is 0 Å². The van der Waals surface area contributed by atoms with E-state index in [0.29, 0.717) is 0 Å². The molecular weight excluding hydrogens is 690 g/mol. The molecule has 0 radical (unpaired) electrons. The maximum Gasteiger partial charge on any atom is 0.125 e. The molecule has 0 spiro atoms. The number of fused-ring (bicyclic) bond motifs is 4. The van der Waals surface area contributed by atoms with Crippen LogP contribution in [0.15, 0.2) is 182 Å². The van der Waals surface area contributed by atoms with Crippen LogP contribution in [0.5, 0.6) is 11.5 Å². The fourth-order valence-corrected chi connectivity index (χ4v) is 7.79. The van der Waals surface area contributed by atoms with Crippen LogP contribution in [0.3, 0.4) is 0 Å². The number of anilines is 3. The van der Waals surface area contributed by atoms with Gasteiger partial charge in [0.05, 0.1) is 19.9 Å². The van der Waals surface area contributed by atoms with Crippen LogP contribution < -0.4 is 14.4 Å². The molecular formula is C52H38FNO2. The minimum atomic E-state index is -0.292. The second-order valence-corrected chi connectivity index (χ2v) is 13.8. The molecule has 0 bridgehead atoms. The SMILES string of the molecule is COc1ccc(C(=Cc2ccc(N(c3ccc(C=C4c5ccccc5-c5ccccc54)cc3)c3cccc(F)c3)c3ccccc23)c2ccc(OC)cc2)cc1. The van der Waals surface area contributed by atoms with Crippen molar-refractivity contribution in [1.29, 1.82) is 0 Å². The number of rotatable bonds is 9. The quantitative estimate of drug-likeness (QED) is 0.138. The monoisotopic (exact) mass is 727 g/mol. The lowest BCUT2D eigenvalue weighted by atomic mass is 9.93. The van der Waals surface area contributed by atoms with Crippen LogP contribution in [0.4, 0.5) is 21.5 Å². The zero-order chi connectivity index (χ0) is 38.0. The van der Waals surface area contributed by atoms with Crippen molar-refractivity contribution in [1.82, 2.24) is 0 Å². The van der Waals surface area contributed by atoms with Crippen molar-refractivity contribution in [2.75, 3.05) is 19.1 Å². The molecule has 1 aliphatic carbocycles. The minimum absolute atomic E-state index is 0.292. The largest absolute Gasteiger partial charge is 0.497 e. The third-order valence-electron chi connectivity index (χ3n) is 10.5. The standard InChI is InChI=1S/C52H38FNO2/c1-55-42-27-20-36(21-28-42)50(37-22-29-43(56-2)30-23-37)33-38-24-31-52(49-17-8-3-12-44(38)49)54(41-11-9-10-39(53)34-41)40-25-18-35(19-26-40)32-51-47-15-6-4-13-45(47)46-14-5-7-16-48(46)51/h3-34H,1-2H3. The Labute approximate surface area is 326 Å². The molecule has 56 heavy (non-hydrogen) atoms. The van der Waals surface area contributed by atoms with Gasteiger partial charge in [-0.2, -0.15) is 0 Å². The van der Waals surface area contributed by atoms with Gasteiger partial charge in [-0.25, -0.2) is 4.39 Å². The van der Waals surface area contributed by atoms with Gasteiger partial charge in [0.25, 0.3) is 0 Å². The summed E-state index contributed by atoms with van der Waals surface area (Å²) in [7, 11) is 3.35. The van der Waals surface area contributed by atoms with Crippen LogP contribution in [0, 0.1) is 5.82 Å². The van der Waals surface area contributed by atoms with Gasteiger partial charge in [0, 0.05) is 16.8 Å². The lowest BCUT2D eigenvalue weighted by Gasteiger charge is -2.27. The van der Waals surface area contributed by atoms with Crippen molar-refractivity contribution < 1.29 is 13.9 Å². The zero-order valence-corrected chi connectivity index (χ0v) is 31.1. The van der Waals surface area contributed by atoms with Crippen LogP contribution in [0.1, 0.15) is 33.4 Å². The smallest absolute Gasteiger partial charge is 0.125 e. The predicted octanol–water partition coefficient (Wildman–Crippen LogP) is 13.6. The average Bonchev–Trinajstić information content (AvgIpc) is 3.57. The molecule has 0 saturated carbocycles. The Morgan fingerprint density at radius 3 is 1.62 bits per heavy atom. The highest BCUT2D eigenvalue weighted by atomic mass is 19.1. The van der Waals surface area contributed by atoms with Crippen molar-refractivity contribution in [3.8, 4) is 22.6 Å². The van der Waals surface area contributed by atoms with Crippen LogP contribution in [-0.2, 0) is 0 Å². The highest BCUT2D eigenvalue weighted by molar-refractivity contribution is 6.07. The molecule has 0 saturated heterocycles. The third-order valence-corrected chi connectivity index (χ3v) is 10.5. The summed E-state index contributed by atoms with van der Waals surface area (Å²) < 4.78 is 25.9. The van der Waals surface area contributed by atoms with E-state index < -0.39 is 0 Å². The molecule has 8 aromatic carbocycles. The van der Waals surface area contributed by atoms with E-state index in [1.165, 1.54) is 33.9 Å². The Kier molecular flexibility index (Phi) is 9.22. The van der Waals surface area contributed by atoms with Crippen molar-refractivity contribution in [3.63, 3.8) is 0 Å². The lowest BCUT2D eigenvalue weighted by molar-refractivity contribution is 0.414. The summed E-state index contributed by atoms with van der Waals surface area (Å²) in [6, 6.07) is 61.5. The lowest BCUT2D eigenvalue weighted by Crippen LogP contribution is -2.11. The van der Waals surface area contributed by atoms with E-state index in [1.54, 1.807) is 26.4 Å². The summed E-state index contributed by atoms with van der Waals surface area (Å²) in [5, 5.41) is 2.12. The Morgan fingerprint density at radius 2 is 1.05 bits per heavy atom. The van der Waals surface area contributed by atoms with E-state index in [-0.39, 0.29) is 5.82 Å². The molecule has 3 nitrogen and oxygen atoms in total. The second kappa shape index (κ2) is 14.9. The number of halogens is 1. The minimum Gasteiger partial charge on any atom is -0.497 e. The first-order valence-electron chi connectivity index (χ1n) is 18.7. The molecule has 0 atom stereocenters. The summed E-state index contributed by atoms with van der Waals surface area (Å²) in [5.41, 5.74) is 14.1. The Bertz CT molecular complexity index is 2670. The van der Waals surface area contributed by atoms with Gasteiger partial charge in [-0.05, 0) is 134 Å². The van der Waals surface area contributed by atoms with E-state index in [4.69, 9.17) is 9.47 Å². The Morgan fingerprint density at radius 1 is 0.500 bits per heavy atom. The molecule has 0 fully saturated rings. The second-order valence-electron chi connectivity index (χ2n) is 13.8.